The lowest BCUT2D eigenvalue weighted by Crippen LogP contribution is -2.35. The monoisotopic (exact) mass is 235 g/mol. The molecular weight excluding hydrogens is 222 g/mol. The van der Waals surface area contributed by atoms with E-state index in [0.29, 0.717) is 30.5 Å². The van der Waals surface area contributed by atoms with Gasteiger partial charge in [0.05, 0.1) is 19.3 Å². The number of aromatic nitrogens is 4. The summed E-state index contributed by atoms with van der Waals surface area (Å²) in [6.45, 7) is 3.81. The molecule has 2 aromatic heterocycles. The van der Waals surface area contributed by atoms with Crippen molar-refractivity contribution in [3.8, 4) is 0 Å². The van der Waals surface area contributed by atoms with Gasteiger partial charge in [0.15, 0.2) is 0 Å². The van der Waals surface area contributed by atoms with Crippen LogP contribution in [-0.4, -0.2) is 39.3 Å². The molecule has 90 valence electrons. The number of H-pyrrole nitrogens is 1. The number of aromatic amines is 1. The first-order valence-electron chi connectivity index (χ1n) is 5.51. The first-order chi connectivity index (χ1) is 8.24. The van der Waals surface area contributed by atoms with Gasteiger partial charge < -0.3 is 10.1 Å². The Morgan fingerprint density at radius 2 is 2.41 bits per heavy atom. The van der Waals surface area contributed by atoms with E-state index in [1.54, 1.807) is 6.92 Å². The van der Waals surface area contributed by atoms with E-state index in [1.165, 1.54) is 10.6 Å². The molecule has 0 bridgehead atoms. The Bertz CT molecular complexity index is 596. The fourth-order valence-corrected chi connectivity index (χ4v) is 1.91. The first kappa shape index (κ1) is 10.4. The van der Waals surface area contributed by atoms with Gasteiger partial charge in [-0.3, -0.25) is 9.89 Å². The quantitative estimate of drug-likeness (QED) is 0.688. The number of rotatable bonds is 1. The molecule has 7 nitrogen and oxygen atoms in total. The molecule has 7 heteroatoms. The van der Waals surface area contributed by atoms with Gasteiger partial charge in [-0.15, -0.1) is 0 Å². The van der Waals surface area contributed by atoms with Crippen molar-refractivity contribution in [2.24, 2.45) is 0 Å². The van der Waals surface area contributed by atoms with Crippen LogP contribution in [0.15, 0.2) is 10.9 Å². The lowest BCUT2D eigenvalue weighted by molar-refractivity contribution is 0.0743. The van der Waals surface area contributed by atoms with E-state index in [2.05, 4.69) is 20.4 Å². The highest BCUT2D eigenvalue weighted by atomic mass is 16.5. The molecule has 3 rings (SSSR count). The molecule has 0 amide bonds. The molecule has 17 heavy (non-hydrogen) atoms. The average molecular weight is 235 g/mol. The first-order valence-corrected chi connectivity index (χ1v) is 5.51. The molecule has 0 radical (unpaired) electrons. The number of fused-ring (bicyclic) bond motifs is 1. The molecule has 1 unspecified atom stereocenters. The molecule has 1 saturated heterocycles. The third kappa shape index (κ3) is 1.83. The topological polar surface area (TPSA) is 84.3 Å². The third-order valence-corrected chi connectivity index (χ3v) is 2.73. The highest BCUT2D eigenvalue weighted by molar-refractivity contribution is 5.28. The van der Waals surface area contributed by atoms with E-state index in [-0.39, 0.29) is 11.6 Å². The molecule has 0 spiro atoms. The molecule has 1 aliphatic heterocycles. The standard InChI is InChI=1S/C10H13N5O2/c1-6-4-8(16)15-10(12-6)13-9(14-15)7-5-17-3-2-11-7/h4,7,11H,2-3,5H2,1H3,(H,12,13,14). The zero-order valence-corrected chi connectivity index (χ0v) is 9.43. The van der Waals surface area contributed by atoms with E-state index < -0.39 is 0 Å². The van der Waals surface area contributed by atoms with Crippen LogP contribution in [0.25, 0.3) is 5.78 Å². The summed E-state index contributed by atoms with van der Waals surface area (Å²) in [5.74, 6) is 1.08. The SMILES string of the molecule is Cc1cc(=O)n2[nH]c(C3COCCN3)nc2n1. The van der Waals surface area contributed by atoms with E-state index in [4.69, 9.17) is 4.74 Å². The van der Waals surface area contributed by atoms with Crippen molar-refractivity contribution in [3.63, 3.8) is 0 Å². The van der Waals surface area contributed by atoms with Crippen molar-refractivity contribution < 1.29 is 4.74 Å². The van der Waals surface area contributed by atoms with Crippen LogP contribution in [0.1, 0.15) is 17.6 Å². The van der Waals surface area contributed by atoms with Gasteiger partial charge >= 0.3 is 0 Å². The molecule has 1 atom stereocenters. The molecule has 0 aliphatic carbocycles. The maximum absolute atomic E-state index is 11.7. The van der Waals surface area contributed by atoms with Crippen LogP contribution in [0.4, 0.5) is 0 Å². The van der Waals surface area contributed by atoms with Gasteiger partial charge in [-0.25, -0.2) is 4.98 Å². The normalized spacial score (nSPS) is 20.9. The van der Waals surface area contributed by atoms with Crippen LogP contribution in [0.3, 0.4) is 0 Å². The van der Waals surface area contributed by atoms with E-state index in [1.807, 2.05) is 0 Å². The predicted molar refractivity (Wildman–Crippen MR) is 59.9 cm³/mol. The molecule has 3 heterocycles. The Hall–Kier alpha value is -1.73. The molecule has 0 aromatic carbocycles. The van der Waals surface area contributed by atoms with Crippen LogP contribution in [-0.2, 0) is 4.74 Å². The Morgan fingerprint density at radius 3 is 3.18 bits per heavy atom. The van der Waals surface area contributed by atoms with Crippen LogP contribution in [0, 0.1) is 6.92 Å². The highest BCUT2D eigenvalue weighted by Crippen LogP contribution is 2.11. The lowest BCUT2D eigenvalue weighted by Gasteiger charge is -2.21. The minimum atomic E-state index is -0.150. The number of nitrogens with zero attached hydrogens (tertiary/aromatic N) is 3. The third-order valence-electron chi connectivity index (χ3n) is 2.73. The minimum Gasteiger partial charge on any atom is -0.378 e. The second-order valence-electron chi connectivity index (χ2n) is 4.06. The number of hydrogen-bond acceptors (Lipinski definition) is 5. The summed E-state index contributed by atoms with van der Waals surface area (Å²) in [6.07, 6.45) is 0. The highest BCUT2D eigenvalue weighted by Gasteiger charge is 2.19. The summed E-state index contributed by atoms with van der Waals surface area (Å²) in [4.78, 5) is 20.2. The summed E-state index contributed by atoms with van der Waals surface area (Å²) in [6, 6.07) is 1.46. The number of hydrogen-bond donors (Lipinski definition) is 2. The Balaban J connectivity index is 2.06. The fraction of sp³-hybridized carbons (Fsp3) is 0.500. The number of aryl methyl sites for hydroxylation is 1. The lowest BCUT2D eigenvalue weighted by atomic mass is 10.3. The predicted octanol–water partition coefficient (Wildman–Crippen LogP) is -0.613. The van der Waals surface area contributed by atoms with Crippen molar-refractivity contribution in [1.29, 1.82) is 0 Å². The minimum absolute atomic E-state index is 0.00911. The fourth-order valence-electron chi connectivity index (χ4n) is 1.91. The smallest absolute Gasteiger partial charge is 0.274 e. The van der Waals surface area contributed by atoms with Gasteiger partial charge in [0, 0.05) is 18.3 Å². The van der Waals surface area contributed by atoms with Crippen molar-refractivity contribution in [2.75, 3.05) is 19.8 Å². The average Bonchev–Trinajstić information content (AvgIpc) is 2.74. The van der Waals surface area contributed by atoms with Gasteiger partial charge in [0.1, 0.15) is 5.82 Å². The van der Waals surface area contributed by atoms with Gasteiger partial charge in [-0.05, 0) is 6.92 Å². The van der Waals surface area contributed by atoms with Crippen molar-refractivity contribution in [3.05, 3.63) is 27.9 Å². The molecule has 2 N–H and O–H groups in total. The van der Waals surface area contributed by atoms with Crippen LogP contribution in [0.5, 0.6) is 0 Å². The van der Waals surface area contributed by atoms with Crippen LogP contribution in [0.2, 0.25) is 0 Å². The maximum Gasteiger partial charge on any atom is 0.274 e. The van der Waals surface area contributed by atoms with Crippen LogP contribution < -0.4 is 10.9 Å². The Kier molecular flexibility index (Phi) is 2.41. The summed E-state index contributed by atoms with van der Waals surface area (Å²) >= 11 is 0. The molecule has 0 saturated carbocycles. The molecule has 1 fully saturated rings. The van der Waals surface area contributed by atoms with Crippen molar-refractivity contribution >= 4 is 5.78 Å². The largest absolute Gasteiger partial charge is 0.378 e. The van der Waals surface area contributed by atoms with E-state index >= 15 is 0 Å². The number of ether oxygens (including phenoxy) is 1. The summed E-state index contributed by atoms with van der Waals surface area (Å²) in [5, 5.41) is 6.22. The molecule has 1 aliphatic rings. The van der Waals surface area contributed by atoms with E-state index in [0.717, 1.165) is 6.54 Å². The number of morpholine rings is 1. The summed E-state index contributed by atoms with van der Waals surface area (Å²) < 4.78 is 6.70. The van der Waals surface area contributed by atoms with Crippen molar-refractivity contribution in [2.45, 2.75) is 13.0 Å². The second-order valence-corrected chi connectivity index (χ2v) is 4.06. The Labute approximate surface area is 96.8 Å². The number of nitrogens with one attached hydrogen (secondary N) is 2. The zero-order valence-electron chi connectivity index (χ0n) is 9.43. The molecular formula is C10H13N5O2. The summed E-state index contributed by atoms with van der Waals surface area (Å²) in [5.41, 5.74) is 0.517. The zero-order chi connectivity index (χ0) is 11.8. The van der Waals surface area contributed by atoms with Gasteiger partial charge in [0.25, 0.3) is 11.3 Å². The van der Waals surface area contributed by atoms with Crippen molar-refractivity contribution in [1.82, 2.24) is 24.9 Å². The molecule has 2 aromatic rings. The Morgan fingerprint density at radius 1 is 1.53 bits per heavy atom. The summed E-state index contributed by atoms with van der Waals surface area (Å²) in [7, 11) is 0. The maximum atomic E-state index is 11.7. The van der Waals surface area contributed by atoms with Gasteiger partial charge in [-0.2, -0.15) is 9.50 Å². The van der Waals surface area contributed by atoms with E-state index in [9.17, 15) is 4.79 Å². The van der Waals surface area contributed by atoms with Crippen LogP contribution >= 0.6 is 0 Å². The second kappa shape index (κ2) is 3.94. The van der Waals surface area contributed by atoms with Gasteiger partial charge in [0.2, 0.25) is 0 Å². The van der Waals surface area contributed by atoms with Gasteiger partial charge in [-0.1, -0.05) is 0 Å².